The molecule has 3 aromatic carbocycles. The summed E-state index contributed by atoms with van der Waals surface area (Å²) < 4.78 is 33.4. The number of ether oxygens (including phenoxy) is 1. The fourth-order valence-corrected chi connectivity index (χ4v) is 4.36. The summed E-state index contributed by atoms with van der Waals surface area (Å²) in [7, 11) is -3.63. The van der Waals surface area contributed by atoms with Crippen molar-refractivity contribution in [3.63, 3.8) is 0 Å². The van der Waals surface area contributed by atoms with E-state index in [1.54, 1.807) is 36.4 Å². The van der Waals surface area contributed by atoms with E-state index in [-0.39, 0.29) is 22.0 Å². The van der Waals surface area contributed by atoms with Crippen molar-refractivity contribution in [2.24, 2.45) is 0 Å². The second-order valence-electron chi connectivity index (χ2n) is 7.93. The van der Waals surface area contributed by atoms with Crippen LogP contribution in [-0.2, 0) is 16.4 Å². The largest absolute Gasteiger partial charge is 0.491 e. The van der Waals surface area contributed by atoms with Gasteiger partial charge in [-0.15, -0.1) is 0 Å². The third kappa shape index (κ3) is 8.17. The summed E-state index contributed by atoms with van der Waals surface area (Å²) in [5.41, 5.74) is 2.05. The van der Waals surface area contributed by atoms with Crippen LogP contribution in [0.25, 0.3) is 0 Å². The first-order valence-electron chi connectivity index (χ1n) is 11.3. The van der Waals surface area contributed by atoms with Crippen LogP contribution in [0.2, 0.25) is 0 Å². The smallest absolute Gasteiger partial charge is 0.257 e. The Morgan fingerprint density at radius 3 is 2.26 bits per heavy atom. The maximum Gasteiger partial charge on any atom is 0.257 e. The summed E-state index contributed by atoms with van der Waals surface area (Å²) in [6.45, 7) is 4.32. The quantitative estimate of drug-likeness (QED) is 0.347. The van der Waals surface area contributed by atoms with Crippen molar-refractivity contribution in [1.82, 2.24) is 10.0 Å². The molecule has 1 amide bonds. The molecule has 184 valence electrons. The summed E-state index contributed by atoms with van der Waals surface area (Å²) in [6.07, 6.45) is 1.58. The van der Waals surface area contributed by atoms with Crippen LogP contribution in [0.1, 0.15) is 36.2 Å². The van der Waals surface area contributed by atoms with E-state index in [4.69, 9.17) is 17.0 Å². The number of benzene rings is 3. The monoisotopic (exact) mass is 511 g/mol. The lowest BCUT2D eigenvalue weighted by atomic mass is 10.2. The van der Waals surface area contributed by atoms with E-state index in [1.807, 2.05) is 44.2 Å². The molecule has 0 aliphatic carbocycles. The van der Waals surface area contributed by atoms with Gasteiger partial charge in [0.25, 0.3) is 5.91 Å². The number of anilines is 1. The van der Waals surface area contributed by atoms with E-state index in [0.29, 0.717) is 30.0 Å². The normalized spacial score (nSPS) is 11.9. The van der Waals surface area contributed by atoms with Gasteiger partial charge in [0.05, 0.1) is 11.0 Å². The number of rotatable bonds is 10. The number of thiocarbonyl (C=S) groups is 1. The number of nitrogens with one attached hydrogen (secondary N) is 3. The molecule has 0 heterocycles. The molecule has 0 saturated heterocycles. The van der Waals surface area contributed by atoms with Gasteiger partial charge in [0.1, 0.15) is 5.75 Å². The number of carbonyl (C=O) groups excluding carboxylic acids is 1. The molecule has 0 fully saturated rings. The van der Waals surface area contributed by atoms with Crippen LogP contribution < -0.4 is 20.1 Å². The van der Waals surface area contributed by atoms with E-state index in [1.165, 1.54) is 12.1 Å². The summed E-state index contributed by atoms with van der Waals surface area (Å²) in [5, 5.41) is 5.61. The molecule has 0 radical (unpaired) electrons. The minimum absolute atomic E-state index is 0.0953. The first kappa shape index (κ1) is 26.3. The highest BCUT2D eigenvalue weighted by Gasteiger charge is 2.14. The number of hydrogen-bond acceptors (Lipinski definition) is 5. The van der Waals surface area contributed by atoms with Crippen molar-refractivity contribution in [3.8, 4) is 5.75 Å². The molecule has 0 aliphatic rings. The Morgan fingerprint density at radius 2 is 1.63 bits per heavy atom. The average molecular weight is 512 g/mol. The molecule has 0 aliphatic heterocycles. The predicted molar refractivity (Wildman–Crippen MR) is 142 cm³/mol. The molecule has 0 bridgehead atoms. The number of sulfonamides is 1. The van der Waals surface area contributed by atoms with Gasteiger partial charge in [-0.1, -0.05) is 37.3 Å². The Balaban J connectivity index is 1.50. The molecule has 9 heteroatoms. The molecule has 35 heavy (non-hydrogen) atoms. The first-order chi connectivity index (χ1) is 16.8. The fourth-order valence-electron chi connectivity index (χ4n) is 3.11. The van der Waals surface area contributed by atoms with E-state index < -0.39 is 10.0 Å². The van der Waals surface area contributed by atoms with Gasteiger partial charge in [-0.05, 0) is 86.1 Å². The zero-order valence-electron chi connectivity index (χ0n) is 19.7. The van der Waals surface area contributed by atoms with Gasteiger partial charge in [-0.2, -0.15) is 0 Å². The van der Waals surface area contributed by atoms with Gasteiger partial charge < -0.3 is 10.1 Å². The van der Waals surface area contributed by atoms with Gasteiger partial charge in [0.15, 0.2) is 5.11 Å². The minimum Gasteiger partial charge on any atom is -0.491 e. The van der Waals surface area contributed by atoms with Crippen molar-refractivity contribution in [2.45, 2.75) is 37.7 Å². The number of carbonyl (C=O) groups is 1. The highest BCUT2D eigenvalue weighted by atomic mass is 32.2. The lowest BCUT2D eigenvalue weighted by Gasteiger charge is -2.13. The molecule has 0 spiro atoms. The minimum atomic E-state index is -3.63. The third-order valence-corrected chi connectivity index (χ3v) is 6.91. The Hall–Kier alpha value is -3.27. The second kappa shape index (κ2) is 12.4. The molecule has 3 rings (SSSR count). The molecular formula is C26H29N3O4S2. The fraction of sp³-hybridized carbons (Fsp3) is 0.231. The van der Waals surface area contributed by atoms with Crippen molar-refractivity contribution in [3.05, 3.63) is 90.0 Å². The second-order valence-corrected chi connectivity index (χ2v) is 10.1. The van der Waals surface area contributed by atoms with Crippen LogP contribution in [0, 0.1) is 0 Å². The van der Waals surface area contributed by atoms with Gasteiger partial charge in [0, 0.05) is 17.8 Å². The molecule has 1 atom stereocenters. The summed E-state index contributed by atoms with van der Waals surface area (Å²) >= 11 is 5.22. The van der Waals surface area contributed by atoms with Crippen LogP contribution in [-0.4, -0.2) is 32.1 Å². The highest BCUT2D eigenvalue weighted by molar-refractivity contribution is 7.89. The van der Waals surface area contributed by atoms with E-state index in [9.17, 15) is 13.2 Å². The van der Waals surface area contributed by atoms with Gasteiger partial charge in [-0.25, -0.2) is 13.1 Å². The van der Waals surface area contributed by atoms with Crippen molar-refractivity contribution in [1.29, 1.82) is 0 Å². The maximum absolute atomic E-state index is 12.5. The lowest BCUT2D eigenvalue weighted by molar-refractivity contribution is 0.0977. The third-order valence-electron chi connectivity index (χ3n) is 5.23. The molecule has 3 aromatic rings. The number of hydrogen-bond donors (Lipinski definition) is 3. The van der Waals surface area contributed by atoms with E-state index in [0.717, 1.165) is 12.0 Å². The molecule has 0 saturated carbocycles. The van der Waals surface area contributed by atoms with Crippen molar-refractivity contribution in [2.75, 3.05) is 11.9 Å². The summed E-state index contributed by atoms with van der Waals surface area (Å²) in [4.78, 5) is 12.6. The lowest BCUT2D eigenvalue weighted by Crippen LogP contribution is -2.34. The molecule has 7 nitrogen and oxygen atoms in total. The zero-order chi connectivity index (χ0) is 25.3. The Morgan fingerprint density at radius 1 is 0.971 bits per heavy atom. The van der Waals surface area contributed by atoms with Crippen molar-refractivity contribution < 1.29 is 17.9 Å². The van der Waals surface area contributed by atoms with Crippen LogP contribution in [0.3, 0.4) is 0 Å². The first-order valence-corrected chi connectivity index (χ1v) is 13.2. The number of amides is 1. The molecule has 3 N–H and O–H groups in total. The predicted octanol–water partition coefficient (Wildman–Crippen LogP) is 4.51. The van der Waals surface area contributed by atoms with Crippen LogP contribution in [0.4, 0.5) is 5.69 Å². The Labute approximate surface area is 212 Å². The van der Waals surface area contributed by atoms with E-state index >= 15 is 0 Å². The Kier molecular flexibility index (Phi) is 9.36. The topological polar surface area (TPSA) is 96.5 Å². The molecule has 0 aromatic heterocycles. The Bertz CT molecular complexity index is 1230. The maximum atomic E-state index is 12.5. The summed E-state index contributed by atoms with van der Waals surface area (Å²) in [6, 6.07) is 22.6. The summed E-state index contributed by atoms with van der Waals surface area (Å²) in [5.74, 6) is 0.334. The molecular weight excluding hydrogens is 482 g/mol. The van der Waals surface area contributed by atoms with E-state index in [2.05, 4.69) is 15.4 Å². The van der Waals surface area contributed by atoms with Crippen molar-refractivity contribution >= 4 is 38.9 Å². The van der Waals surface area contributed by atoms with Crippen LogP contribution in [0.15, 0.2) is 83.8 Å². The SMILES string of the molecule is CCC(C)Oc1ccc(C(=O)NC(=S)Nc2ccc(S(=O)(=O)NCCc3ccccc3)cc2)cc1. The van der Waals surface area contributed by atoms with Crippen LogP contribution >= 0.6 is 12.2 Å². The standard InChI is InChI=1S/C26H29N3O4S2/c1-3-19(2)33-23-13-9-21(10-14-23)25(30)29-26(34)28-22-11-15-24(16-12-22)35(31,32)27-18-17-20-7-5-4-6-8-20/h4-16,19,27H,3,17-18H2,1-2H3,(H2,28,29,30,34). The average Bonchev–Trinajstić information content (AvgIpc) is 2.85. The van der Waals surface area contributed by atoms with Gasteiger partial charge in [0.2, 0.25) is 10.0 Å². The highest BCUT2D eigenvalue weighted by Crippen LogP contribution is 2.16. The molecule has 1 unspecified atom stereocenters. The van der Waals surface area contributed by atoms with Gasteiger partial charge >= 0.3 is 0 Å². The van der Waals surface area contributed by atoms with Gasteiger partial charge in [-0.3, -0.25) is 10.1 Å². The zero-order valence-corrected chi connectivity index (χ0v) is 21.3. The van der Waals surface area contributed by atoms with Crippen LogP contribution in [0.5, 0.6) is 5.75 Å².